The van der Waals surface area contributed by atoms with Gasteiger partial charge in [0.15, 0.2) is 5.82 Å². The molecule has 1 aliphatic heterocycles. The molecule has 2 aliphatic rings. The molecule has 4 rings (SSSR count). The van der Waals surface area contributed by atoms with Crippen molar-refractivity contribution in [3.8, 4) is 0 Å². The number of aromatic nitrogens is 3. The topological polar surface area (TPSA) is 42.7 Å². The van der Waals surface area contributed by atoms with Crippen LogP contribution in [0.1, 0.15) is 42.0 Å². The molecule has 1 atom stereocenters. The molecule has 1 aliphatic carbocycles. The molecule has 1 unspecified atom stereocenters. The molecule has 0 spiro atoms. The van der Waals surface area contributed by atoms with Crippen LogP contribution in [0, 0.1) is 5.82 Å². The largest absolute Gasteiger partial charge is 0.312 e. The quantitative estimate of drug-likeness (QED) is 0.895. The summed E-state index contributed by atoms with van der Waals surface area (Å²) in [5.74, 6) is 2.48. The molecule has 0 bridgehead atoms. The van der Waals surface area contributed by atoms with E-state index in [0.717, 1.165) is 30.3 Å². The van der Waals surface area contributed by atoms with Crippen molar-refractivity contribution in [2.45, 2.75) is 31.3 Å². The van der Waals surface area contributed by atoms with Gasteiger partial charge < -0.3 is 9.88 Å². The molecule has 1 saturated carbocycles. The molecule has 0 saturated heterocycles. The average Bonchev–Trinajstić information content (AvgIpc) is 3.19. The van der Waals surface area contributed by atoms with Gasteiger partial charge in [0.25, 0.3) is 0 Å². The van der Waals surface area contributed by atoms with Gasteiger partial charge in [-0.25, -0.2) is 4.39 Å². The molecule has 1 aromatic carbocycles. The maximum absolute atomic E-state index is 13.0. The lowest BCUT2D eigenvalue weighted by Gasteiger charge is -2.25. The highest BCUT2D eigenvalue weighted by Crippen LogP contribution is 2.40. The highest BCUT2D eigenvalue weighted by atomic mass is 19.1. The number of rotatable bonds is 2. The van der Waals surface area contributed by atoms with Crippen molar-refractivity contribution in [2.75, 3.05) is 6.54 Å². The molecular weight excluding hydrogens is 243 g/mol. The second-order valence-electron chi connectivity index (χ2n) is 5.28. The van der Waals surface area contributed by atoms with Gasteiger partial charge in [-0.2, -0.15) is 0 Å². The fraction of sp³-hybridized carbons (Fsp3) is 0.429. The average molecular weight is 258 g/mol. The SMILES string of the molecule is Fc1ccc(C2NCCn3c(C4CC4)nnc32)cc1. The maximum Gasteiger partial charge on any atom is 0.154 e. The zero-order valence-corrected chi connectivity index (χ0v) is 10.5. The van der Waals surface area contributed by atoms with Crippen LogP contribution < -0.4 is 5.32 Å². The predicted molar refractivity (Wildman–Crippen MR) is 68.2 cm³/mol. The van der Waals surface area contributed by atoms with E-state index in [9.17, 15) is 4.39 Å². The number of benzene rings is 1. The monoisotopic (exact) mass is 258 g/mol. The minimum atomic E-state index is -0.209. The van der Waals surface area contributed by atoms with Crippen LogP contribution in [-0.2, 0) is 6.54 Å². The summed E-state index contributed by atoms with van der Waals surface area (Å²) >= 11 is 0. The van der Waals surface area contributed by atoms with Gasteiger partial charge in [0.05, 0.1) is 6.04 Å². The van der Waals surface area contributed by atoms with Gasteiger partial charge in [0, 0.05) is 19.0 Å². The van der Waals surface area contributed by atoms with Gasteiger partial charge in [-0.15, -0.1) is 10.2 Å². The standard InChI is InChI=1S/C14H15FN4/c15-11-5-3-9(4-6-11)12-14-18-17-13(10-1-2-10)19(14)8-7-16-12/h3-6,10,12,16H,1-2,7-8H2. The van der Waals surface area contributed by atoms with E-state index < -0.39 is 0 Å². The smallest absolute Gasteiger partial charge is 0.154 e. The lowest BCUT2D eigenvalue weighted by atomic mass is 10.0. The minimum absolute atomic E-state index is 0.0225. The third-order valence-corrected chi connectivity index (χ3v) is 3.90. The van der Waals surface area contributed by atoms with Gasteiger partial charge in [0.1, 0.15) is 11.6 Å². The zero-order valence-electron chi connectivity index (χ0n) is 10.5. The Morgan fingerprint density at radius 3 is 2.58 bits per heavy atom. The predicted octanol–water partition coefficient (Wildman–Crippen LogP) is 1.99. The number of hydrogen-bond donors (Lipinski definition) is 1. The molecule has 5 heteroatoms. The third-order valence-electron chi connectivity index (χ3n) is 3.90. The highest BCUT2D eigenvalue weighted by molar-refractivity contribution is 5.27. The summed E-state index contributed by atoms with van der Waals surface area (Å²) in [6.45, 7) is 1.82. The van der Waals surface area contributed by atoms with Crippen molar-refractivity contribution < 1.29 is 4.39 Å². The molecule has 19 heavy (non-hydrogen) atoms. The van der Waals surface area contributed by atoms with Crippen molar-refractivity contribution in [1.82, 2.24) is 20.1 Å². The van der Waals surface area contributed by atoms with Crippen molar-refractivity contribution >= 4 is 0 Å². The van der Waals surface area contributed by atoms with Crippen LogP contribution in [0.4, 0.5) is 4.39 Å². The summed E-state index contributed by atoms with van der Waals surface area (Å²) in [5.41, 5.74) is 1.04. The molecule has 2 aromatic rings. The fourth-order valence-electron chi connectivity index (χ4n) is 2.75. The summed E-state index contributed by atoms with van der Waals surface area (Å²) in [7, 11) is 0. The van der Waals surface area contributed by atoms with Crippen LogP contribution in [0.2, 0.25) is 0 Å². The maximum atomic E-state index is 13.0. The van der Waals surface area contributed by atoms with E-state index in [1.54, 1.807) is 0 Å². The van der Waals surface area contributed by atoms with Crippen molar-refractivity contribution in [2.24, 2.45) is 0 Å². The fourth-order valence-corrected chi connectivity index (χ4v) is 2.75. The summed E-state index contributed by atoms with van der Waals surface area (Å²) < 4.78 is 15.3. The van der Waals surface area contributed by atoms with E-state index in [1.165, 1.54) is 25.0 Å². The van der Waals surface area contributed by atoms with Crippen LogP contribution in [0.25, 0.3) is 0 Å². The van der Waals surface area contributed by atoms with E-state index >= 15 is 0 Å². The molecule has 98 valence electrons. The first-order chi connectivity index (χ1) is 9.33. The molecule has 1 fully saturated rings. The molecule has 4 nitrogen and oxygen atoms in total. The zero-order chi connectivity index (χ0) is 12.8. The van der Waals surface area contributed by atoms with Gasteiger partial charge in [0.2, 0.25) is 0 Å². The molecular formula is C14H15FN4. The number of hydrogen-bond acceptors (Lipinski definition) is 3. The van der Waals surface area contributed by atoms with E-state index in [0.29, 0.717) is 5.92 Å². The lowest BCUT2D eigenvalue weighted by Crippen LogP contribution is -2.34. The Morgan fingerprint density at radius 2 is 1.84 bits per heavy atom. The first-order valence-corrected chi connectivity index (χ1v) is 6.75. The van der Waals surface area contributed by atoms with Crippen molar-refractivity contribution in [1.29, 1.82) is 0 Å². The van der Waals surface area contributed by atoms with Gasteiger partial charge in [-0.1, -0.05) is 12.1 Å². The van der Waals surface area contributed by atoms with E-state index in [2.05, 4.69) is 20.1 Å². The van der Waals surface area contributed by atoms with Gasteiger partial charge in [-0.3, -0.25) is 0 Å². The normalized spacial score (nSPS) is 22.3. The number of halogens is 1. The van der Waals surface area contributed by atoms with Crippen LogP contribution in [0.5, 0.6) is 0 Å². The molecule has 1 N–H and O–H groups in total. The molecule has 1 aromatic heterocycles. The summed E-state index contributed by atoms with van der Waals surface area (Å²) in [6, 6.07) is 6.64. The van der Waals surface area contributed by atoms with Gasteiger partial charge >= 0.3 is 0 Å². The highest BCUT2D eigenvalue weighted by Gasteiger charge is 2.33. The van der Waals surface area contributed by atoms with E-state index in [1.807, 2.05) is 12.1 Å². The van der Waals surface area contributed by atoms with E-state index in [4.69, 9.17) is 0 Å². The summed E-state index contributed by atoms with van der Waals surface area (Å²) in [4.78, 5) is 0. The van der Waals surface area contributed by atoms with Crippen LogP contribution in [0.15, 0.2) is 24.3 Å². The van der Waals surface area contributed by atoms with Crippen LogP contribution >= 0.6 is 0 Å². The molecule has 2 heterocycles. The number of nitrogens with one attached hydrogen (secondary N) is 1. The number of nitrogens with zero attached hydrogens (tertiary/aromatic N) is 3. The van der Waals surface area contributed by atoms with E-state index in [-0.39, 0.29) is 11.9 Å². The second kappa shape index (κ2) is 4.13. The Kier molecular flexibility index (Phi) is 2.41. The second-order valence-corrected chi connectivity index (χ2v) is 5.28. The first kappa shape index (κ1) is 11.1. The summed E-state index contributed by atoms with van der Waals surface area (Å²) in [6.07, 6.45) is 2.46. The van der Waals surface area contributed by atoms with Crippen LogP contribution in [-0.4, -0.2) is 21.3 Å². The summed E-state index contributed by atoms with van der Waals surface area (Å²) in [5, 5.41) is 12.1. The Hall–Kier alpha value is -1.75. The Morgan fingerprint density at radius 1 is 1.11 bits per heavy atom. The minimum Gasteiger partial charge on any atom is -0.312 e. The van der Waals surface area contributed by atoms with Gasteiger partial charge in [-0.05, 0) is 30.5 Å². The van der Waals surface area contributed by atoms with Crippen molar-refractivity contribution in [3.63, 3.8) is 0 Å². The molecule has 0 amide bonds. The Bertz CT molecular complexity index is 600. The molecule has 0 radical (unpaired) electrons. The van der Waals surface area contributed by atoms with Crippen LogP contribution in [0.3, 0.4) is 0 Å². The first-order valence-electron chi connectivity index (χ1n) is 6.75. The number of fused-ring (bicyclic) bond motifs is 1. The Balaban J connectivity index is 1.74. The third kappa shape index (κ3) is 1.85. The lowest BCUT2D eigenvalue weighted by molar-refractivity contribution is 0.447. The Labute approximate surface area is 110 Å². The van der Waals surface area contributed by atoms with Crippen molar-refractivity contribution in [3.05, 3.63) is 47.3 Å².